The van der Waals surface area contributed by atoms with E-state index >= 15 is 0 Å². The lowest BCUT2D eigenvalue weighted by molar-refractivity contribution is -0.147. The van der Waals surface area contributed by atoms with Gasteiger partial charge in [0.25, 0.3) is 0 Å². The summed E-state index contributed by atoms with van der Waals surface area (Å²) in [6.45, 7) is 0.00910. The summed E-state index contributed by atoms with van der Waals surface area (Å²) in [6.07, 6.45) is 7.38. The van der Waals surface area contributed by atoms with E-state index in [-0.39, 0.29) is 18.1 Å². The van der Waals surface area contributed by atoms with Crippen molar-refractivity contribution in [3.05, 3.63) is 36.5 Å². The Bertz CT molecular complexity index is 847. The first-order valence-electron chi connectivity index (χ1n) is 9.44. The first kappa shape index (κ1) is 17.0. The summed E-state index contributed by atoms with van der Waals surface area (Å²) in [6, 6.07) is 9.64. The van der Waals surface area contributed by atoms with Crippen molar-refractivity contribution in [2.24, 2.45) is 11.8 Å². The van der Waals surface area contributed by atoms with E-state index in [0.717, 1.165) is 23.7 Å². The van der Waals surface area contributed by atoms with Crippen molar-refractivity contribution in [3.63, 3.8) is 0 Å². The van der Waals surface area contributed by atoms with Crippen LogP contribution < -0.4 is 0 Å². The molecule has 1 saturated heterocycles. The summed E-state index contributed by atoms with van der Waals surface area (Å²) in [5.74, 6) is -2.23. The van der Waals surface area contributed by atoms with Gasteiger partial charge in [-0.15, -0.1) is 0 Å². The van der Waals surface area contributed by atoms with Crippen molar-refractivity contribution in [2.75, 3.05) is 0 Å². The summed E-state index contributed by atoms with van der Waals surface area (Å²) < 4.78 is 7.08. The molecule has 26 heavy (non-hydrogen) atoms. The number of aromatic nitrogens is 1. The molecule has 1 aliphatic heterocycles. The van der Waals surface area contributed by atoms with Crippen LogP contribution in [0.3, 0.4) is 0 Å². The maximum Gasteiger partial charge on any atom is 0.325 e. The van der Waals surface area contributed by atoms with Crippen molar-refractivity contribution in [1.29, 1.82) is 0 Å². The second-order valence-electron chi connectivity index (χ2n) is 7.47. The van der Waals surface area contributed by atoms with Crippen LogP contribution in [0.5, 0.6) is 0 Å². The number of hydrogen-bond donors (Lipinski definition) is 0. The number of carbonyl (C=O) groups excluding carboxylic acids is 3. The molecule has 5 nitrogen and oxygen atoms in total. The number of Topliss-reactive ketones (excluding diaryl/α,β-unsaturated/α-hetero) is 2. The third-order valence-electron chi connectivity index (χ3n) is 5.70. The second kappa shape index (κ2) is 7.06. The number of fused-ring (bicyclic) bond motifs is 1. The normalized spacial score (nSPS) is 24.2. The highest BCUT2D eigenvalue weighted by Crippen LogP contribution is 2.32. The molecule has 1 aromatic carbocycles. The molecule has 2 unspecified atom stereocenters. The molecule has 1 aliphatic carbocycles. The van der Waals surface area contributed by atoms with Gasteiger partial charge < -0.3 is 9.30 Å². The van der Waals surface area contributed by atoms with E-state index in [2.05, 4.69) is 0 Å². The number of para-hydroxylation sites is 1. The molecule has 2 aliphatic rings. The fourth-order valence-corrected chi connectivity index (χ4v) is 4.29. The van der Waals surface area contributed by atoms with Crippen molar-refractivity contribution in [3.8, 4) is 0 Å². The Morgan fingerprint density at radius 3 is 2.65 bits per heavy atom. The van der Waals surface area contributed by atoms with E-state index < -0.39 is 18.0 Å². The number of esters is 1. The zero-order chi connectivity index (χ0) is 18.1. The van der Waals surface area contributed by atoms with E-state index in [1.807, 2.05) is 36.5 Å². The number of carbonyl (C=O) groups is 3. The Morgan fingerprint density at radius 1 is 1.08 bits per heavy atom. The fraction of sp³-hybridized carbons (Fsp3) is 0.476. The van der Waals surface area contributed by atoms with Gasteiger partial charge in [0, 0.05) is 11.7 Å². The van der Waals surface area contributed by atoms with Crippen LogP contribution in [0, 0.1) is 11.8 Å². The van der Waals surface area contributed by atoms with E-state index in [1.54, 1.807) is 4.57 Å². The lowest BCUT2D eigenvalue weighted by Gasteiger charge is -2.23. The third-order valence-corrected chi connectivity index (χ3v) is 5.70. The number of benzene rings is 1. The van der Waals surface area contributed by atoms with Crippen molar-refractivity contribution >= 4 is 28.4 Å². The fourth-order valence-electron chi connectivity index (χ4n) is 4.29. The summed E-state index contributed by atoms with van der Waals surface area (Å²) >= 11 is 0. The summed E-state index contributed by atoms with van der Waals surface area (Å²) in [4.78, 5) is 37.5. The number of ketones is 2. The second-order valence-corrected chi connectivity index (χ2v) is 7.47. The molecule has 1 aromatic heterocycles. The van der Waals surface area contributed by atoms with Crippen LogP contribution in [0.4, 0.5) is 0 Å². The maximum atomic E-state index is 12.7. The highest BCUT2D eigenvalue weighted by Gasteiger charge is 2.48. The molecule has 2 fully saturated rings. The molecule has 0 bridgehead atoms. The van der Waals surface area contributed by atoms with Crippen molar-refractivity contribution < 1.29 is 19.1 Å². The number of nitrogens with zero attached hydrogens (tertiary/aromatic N) is 1. The molecule has 0 spiro atoms. The number of hydrogen-bond acceptors (Lipinski definition) is 4. The van der Waals surface area contributed by atoms with Gasteiger partial charge in [0.2, 0.25) is 0 Å². The molecular weight excluding hydrogens is 330 g/mol. The van der Waals surface area contributed by atoms with Crippen LogP contribution in [0.25, 0.3) is 10.9 Å². The smallest absolute Gasteiger partial charge is 0.325 e. The Labute approximate surface area is 152 Å². The average Bonchev–Trinajstić information content (AvgIpc) is 3.17. The SMILES string of the molecule is O=C(Cn1ccc2ccccc21)C1C(=O)OC(CC2CCCCC2)C1=O. The zero-order valence-electron chi connectivity index (χ0n) is 14.7. The lowest BCUT2D eigenvalue weighted by atomic mass is 9.84. The summed E-state index contributed by atoms with van der Waals surface area (Å²) in [5, 5.41) is 1.02. The van der Waals surface area contributed by atoms with E-state index in [1.165, 1.54) is 19.3 Å². The van der Waals surface area contributed by atoms with Crippen LogP contribution >= 0.6 is 0 Å². The van der Waals surface area contributed by atoms with Gasteiger partial charge >= 0.3 is 5.97 Å². The van der Waals surface area contributed by atoms with Crippen LogP contribution in [0.15, 0.2) is 36.5 Å². The van der Waals surface area contributed by atoms with Gasteiger partial charge in [-0.05, 0) is 29.9 Å². The van der Waals surface area contributed by atoms with E-state index in [0.29, 0.717) is 12.3 Å². The highest BCUT2D eigenvalue weighted by molar-refractivity contribution is 6.21. The molecule has 1 saturated carbocycles. The van der Waals surface area contributed by atoms with E-state index in [4.69, 9.17) is 4.74 Å². The predicted octanol–water partition coefficient (Wildman–Crippen LogP) is 3.29. The van der Waals surface area contributed by atoms with Gasteiger partial charge in [0.15, 0.2) is 23.6 Å². The Balaban J connectivity index is 1.45. The standard InChI is InChI=1S/C21H23NO4/c23-17(13-22-11-10-15-8-4-5-9-16(15)22)19-20(24)18(26-21(19)25)12-14-6-2-1-3-7-14/h4-5,8-11,14,18-19H,1-3,6-7,12-13H2. The van der Waals surface area contributed by atoms with Gasteiger partial charge in [-0.25, -0.2) is 0 Å². The van der Waals surface area contributed by atoms with Gasteiger partial charge in [-0.1, -0.05) is 50.3 Å². The Morgan fingerprint density at radius 2 is 1.85 bits per heavy atom. The van der Waals surface area contributed by atoms with Gasteiger partial charge in [-0.3, -0.25) is 14.4 Å². The molecule has 4 rings (SSSR count). The van der Waals surface area contributed by atoms with Crippen LogP contribution in [0.2, 0.25) is 0 Å². The minimum Gasteiger partial charge on any atom is -0.453 e. The maximum absolute atomic E-state index is 12.7. The molecule has 2 aromatic rings. The molecule has 136 valence electrons. The Kier molecular flexibility index (Phi) is 4.62. The van der Waals surface area contributed by atoms with Gasteiger partial charge in [-0.2, -0.15) is 0 Å². The van der Waals surface area contributed by atoms with Crippen molar-refractivity contribution in [2.45, 2.75) is 51.2 Å². The van der Waals surface area contributed by atoms with E-state index in [9.17, 15) is 14.4 Å². The lowest BCUT2D eigenvalue weighted by Crippen LogP contribution is -2.31. The van der Waals surface area contributed by atoms with Crippen LogP contribution in [-0.2, 0) is 25.7 Å². The average molecular weight is 353 g/mol. The molecule has 0 radical (unpaired) electrons. The minimum absolute atomic E-state index is 0.00910. The highest BCUT2D eigenvalue weighted by atomic mass is 16.6. The van der Waals surface area contributed by atoms with Gasteiger partial charge in [0.1, 0.15) is 0 Å². The zero-order valence-corrected chi connectivity index (χ0v) is 14.7. The topological polar surface area (TPSA) is 65.4 Å². The number of cyclic esters (lactones) is 1. The van der Waals surface area contributed by atoms with Crippen molar-refractivity contribution in [1.82, 2.24) is 4.57 Å². The molecular formula is C21H23NO4. The molecule has 0 amide bonds. The first-order chi connectivity index (χ1) is 12.6. The quantitative estimate of drug-likeness (QED) is 0.611. The summed E-state index contributed by atoms with van der Waals surface area (Å²) in [7, 11) is 0. The molecule has 2 atom stereocenters. The number of ether oxygens (including phenoxy) is 1. The third kappa shape index (κ3) is 3.18. The monoisotopic (exact) mass is 353 g/mol. The summed E-state index contributed by atoms with van der Waals surface area (Å²) in [5.41, 5.74) is 0.915. The largest absolute Gasteiger partial charge is 0.453 e. The van der Waals surface area contributed by atoms with Crippen LogP contribution in [-0.4, -0.2) is 28.2 Å². The predicted molar refractivity (Wildman–Crippen MR) is 96.5 cm³/mol. The Hall–Kier alpha value is -2.43. The van der Waals surface area contributed by atoms with Crippen LogP contribution in [0.1, 0.15) is 38.5 Å². The molecule has 0 N–H and O–H groups in total. The number of rotatable bonds is 5. The first-order valence-corrected chi connectivity index (χ1v) is 9.44. The molecule has 2 heterocycles. The van der Waals surface area contributed by atoms with Gasteiger partial charge in [0.05, 0.1) is 6.54 Å². The molecule has 5 heteroatoms. The minimum atomic E-state index is -1.26.